The SMILES string of the molecule is Cn1ncc2c(NCCC3CCC3)ncnc21. The second-order valence-corrected chi connectivity index (χ2v) is 4.74. The molecule has 0 radical (unpaired) electrons. The van der Waals surface area contributed by atoms with Crippen molar-refractivity contribution in [2.24, 2.45) is 13.0 Å². The predicted octanol–water partition coefficient (Wildman–Crippen LogP) is 1.97. The molecule has 0 atom stereocenters. The van der Waals surface area contributed by atoms with E-state index in [9.17, 15) is 0 Å². The van der Waals surface area contributed by atoms with Gasteiger partial charge in [0, 0.05) is 13.6 Å². The van der Waals surface area contributed by atoms with Gasteiger partial charge >= 0.3 is 0 Å². The third-order valence-electron chi connectivity index (χ3n) is 3.60. The van der Waals surface area contributed by atoms with E-state index < -0.39 is 0 Å². The molecule has 5 heteroatoms. The van der Waals surface area contributed by atoms with Crippen LogP contribution >= 0.6 is 0 Å². The molecule has 0 aromatic carbocycles. The Labute approximate surface area is 100 Å². The number of nitrogens with one attached hydrogen (secondary N) is 1. The summed E-state index contributed by atoms with van der Waals surface area (Å²) in [7, 11) is 1.90. The van der Waals surface area contributed by atoms with Crippen molar-refractivity contribution < 1.29 is 0 Å². The fraction of sp³-hybridized carbons (Fsp3) is 0.583. The van der Waals surface area contributed by atoms with Crippen LogP contribution in [0.3, 0.4) is 0 Å². The van der Waals surface area contributed by atoms with E-state index in [0.717, 1.165) is 29.3 Å². The van der Waals surface area contributed by atoms with Crippen molar-refractivity contribution >= 4 is 16.9 Å². The van der Waals surface area contributed by atoms with Crippen LogP contribution in [0.2, 0.25) is 0 Å². The molecule has 0 bridgehead atoms. The van der Waals surface area contributed by atoms with E-state index in [4.69, 9.17) is 0 Å². The van der Waals surface area contributed by atoms with Gasteiger partial charge in [0.15, 0.2) is 5.65 Å². The molecule has 2 heterocycles. The van der Waals surface area contributed by atoms with Crippen LogP contribution in [0.25, 0.3) is 11.0 Å². The third kappa shape index (κ3) is 1.97. The van der Waals surface area contributed by atoms with Gasteiger partial charge < -0.3 is 5.32 Å². The first-order chi connectivity index (χ1) is 8.34. The lowest BCUT2D eigenvalue weighted by molar-refractivity contribution is 0.303. The van der Waals surface area contributed by atoms with E-state index in [0.29, 0.717) is 0 Å². The average Bonchev–Trinajstić information content (AvgIpc) is 2.65. The van der Waals surface area contributed by atoms with Gasteiger partial charge in [-0.25, -0.2) is 9.97 Å². The lowest BCUT2D eigenvalue weighted by Crippen LogP contribution is -2.16. The van der Waals surface area contributed by atoms with Crippen LogP contribution in [-0.2, 0) is 7.05 Å². The number of aromatic nitrogens is 4. The zero-order chi connectivity index (χ0) is 11.7. The molecule has 2 aromatic rings. The van der Waals surface area contributed by atoms with E-state index in [2.05, 4.69) is 20.4 Å². The summed E-state index contributed by atoms with van der Waals surface area (Å²) < 4.78 is 1.77. The summed E-state index contributed by atoms with van der Waals surface area (Å²) in [4.78, 5) is 8.51. The molecule has 1 saturated carbocycles. The second-order valence-electron chi connectivity index (χ2n) is 4.74. The summed E-state index contributed by atoms with van der Waals surface area (Å²) in [5.74, 6) is 1.83. The van der Waals surface area contributed by atoms with Crippen molar-refractivity contribution in [2.75, 3.05) is 11.9 Å². The van der Waals surface area contributed by atoms with E-state index in [1.54, 1.807) is 11.0 Å². The summed E-state index contributed by atoms with van der Waals surface area (Å²) in [5, 5.41) is 8.60. The molecule has 2 aromatic heterocycles. The van der Waals surface area contributed by atoms with Crippen LogP contribution in [0.5, 0.6) is 0 Å². The smallest absolute Gasteiger partial charge is 0.163 e. The largest absolute Gasteiger partial charge is 0.369 e. The Morgan fingerprint density at radius 2 is 2.29 bits per heavy atom. The number of anilines is 1. The number of hydrogen-bond donors (Lipinski definition) is 1. The molecule has 0 unspecified atom stereocenters. The van der Waals surface area contributed by atoms with Crippen LogP contribution in [-0.4, -0.2) is 26.3 Å². The summed E-state index contributed by atoms with van der Waals surface area (Å²) in [5.41, 5.74) is 0.881. The molecular weight excluding hydrogens is 214 g/mol. The lowest BCUT2D eigenvalue weighted by atomic mass is 9.83. The zero-order valence-electron chi connectivity index (χ0n) is 10.1. The first kappa shape index (κ1) is 10.5. The number of rotatable bonds is 4. The minimum atomic E-state index is 0.881. The first-order valence-corrected chi connectivity index (χ1v) is 6.21. The molecule has 1 aliphatic rings. The summed E-state index contributed by atoms with van der Waals surface area (Å²) in [6.45, 7) is 0.992. The van der Waals surface area contributed by atoms with Crippen molar-refractivity contribution in [2.45, 2.75) is 25.7 Å². The highest BCUT2D eigenvalue weighted by Crippen LogP contribution is 2.29. The Kier molecular flexibility index (Phi) is 2.66. The summed E-state index contributed by atoms with van der Waals surface area (Å²) in [6, 6.07) is 0. The molecule has 1 N–H and O–H groups in total. The summed E-state index contributed by atoms with van der Waals surface area (Å²) in [6.07, 6.45) is 8.86. The van der Waals surface area contributed by atoms with Crippen molar-refractivity contribution in [1.82, 2.24) is 19.7 Å². The molecule has 0 spiro atoms. The van der Waals surface area contributed by atoms with Gasteiger partial charge in [0.1, 0.15) is 12.1 Å². The quantitative estimate of drug-likeness (QED) is 0.874. The monoisotopic (exact) mass is 231 g/mol. The van der Waals surface area contributed by atoms with Gasteiger partial charge in [-0.2, -0.15) is 5.10 Å². The van der Waals surface area contributed by atoms with E-state index in [1.165, 1.54) is 25.7 Å². The minimum Gasteiger partial charge on any atom is -0.369 e. The molecule has 1 aliphatic carbocycles. The highest BCUT2D eigenvalue weighted by Gasteiger charge is 2.16. The van der Waals surface area contributed by atoms with Crippen LogP contribution in [0, 0.1) is 5.92 Å². The standard InChI is InChI=1S/C12H17N5/c1-17-12-10(7-16-17)11(14-8-15-12)13-6-5-9-3-2-4-9/h7-9H,2-6H2,1H3,(H,13,14,15). The molecule has 0 saturated heterocycles. The third-order valence-corrected chi connectivity index (χ3v) is 3.60. The number of fused-ring (bicyclic) bond motifs is 1. The number of hydrogen-bond acceptors (Lipinski definition) is 4. The fourth-order valence-corrected chi connectivity index (χ4v) is 2.28. The molecule has 1 fully saturated rings. The van der Waals surface area contributed by atoms with Gasteiger partial charge in [0.2, 0.25) is 0 Å². The molecule has 0 amide bonds. The highest BCUT2D eigenvalue weighted by molar-refractivity contribution is 5.85. The lowest BCUT2D eigenvalue weighted by Gasteiger charge is -2.25. The second kappa shape index (κ2) is 4.31. The maximum absolute atomic E-state index is 4.29. The Morgan fingerprint density at radius 1 is 1.41 bits per heavy atom. The maximum Gasteiger partial charge on any atom is 0.163 e. The average molecular weight is 231 g/mol. The van der Waals surface area contributed by atoms with Gasteiger partial charge in [-0.05, 0) is 12.3 Å². The molecular formula is C12H17N5. The molecule has 17 heavy (non-hydrogen) atoms. The van der Waals surface area contributed by atoms with Gasteiger partial charge in [-0.1, -0.05) is 19.3 Å². The van der Waals surface area contributed by atoms with Crippen molar-refractivity contribution in [3.8, 4) is 0 Å². The van der Waals surface area contributed by atoms with Gasteiger partial charge in [0.05, 0.1) is 11.6 Å². The fourth-order valence-electron chi connectivity index (χ4n) is 2.28. The van der Waals surface area contributed by atoms with Crippen LogP contribution < -0.4 is 5.32 Å². The number of aryl methyl sites for hydroxylation is 1. The Hall–Kier alpha value is -1.65. The Balaban J connectivity index is 1.71. The first-order valence-electron chi connectivity index (χ1n) is 6.21. The van der Waals surface area contributed by atoms with Crippen LogP contribution in [0.15, 0.2) is 12.5 Å². The molecule has 3 rings (SSSR count). The van der Waals surface area contributed by atoms with Crippen molar-refractivity contribution in [3.63, 3.8) is 0 Å². The van der Waals surface area contributed by atoms with Crippen molar-refractivity contribution in [3.05, 3.63) is 12.5 Å². The maximum atomic E-state index is 4.29. The zero-order valence-corrected chi connectivity index (χ0v) is 10.1. The topological polar surface area (TPSA) is 55.6 Å². The van der Waals surface area contributed by atoms with Gasteiger partial charge in [0.25, 0.3) is 0 Å². The highest BCUT2D eigenvalue weighted by atomic mass is 15.3. The van der Waals surface area contributed by atoms with Crippen molar-refractivity contribution in [1.29, 1.82) is 0 Å². The van der Waals surface area contributed by atoms with E-state index in [1.807, 2.05) is 13.2 Å². The van der Waals surface area contributed by atoms with Gasteiger partial charge in [-0.15, -0.1) is 0 Å². The Morgan fingerprint density at radius 3 is 3.06 bits per heavy atom. The number of nitrogens with zero attached hydrogens (tertiary/aromatic N) is 4. The van der Waals surface area contributed by atoms with Gasteiger partial charge in [-0.3, -0.25) is 4.68 Å². The minimum absolute atomic E-state index is 0.881. The van der Waals surface area contributed by atoms with Crippen LogP contribution in [0.4, 0.5) is 5.82 Å². The Bertz CT molecular complexity index is 515. The summed E-state index contributed by atoms with van der Waals surface area (Å²) >= 11 is 0. The van der Waals surface area contributed by atoms with Crippen LogP contribution in [0.1, 0.15) is 25.7 Å². The normalized spacial score (nSPS) is 16.1. The predicted molar refractivity (Wildman–Crippen MR) is 66.8 cm³/mol. The van der Waals surface area contributed by atoms with E-state index >= 15 is 0 Å². The molecule has 5 nitrogen and oxygen atoms in total. The van der Waals surface area contributed by atoms with E-state index in [-0.39, 0.29) is 0 Å². The molecule has 90 valence electrons. The molecule has 0 aliphatic heterocycles.